The first kappa shape index (κ1) is 22.3. The summed E-state index contributed by atoms with van der Waals surface area (Å²) < 4.78 is 16.3. The summed E-state index contributed by atoms with van der Waals surface area (Å²) >= 11 is 0. The van der Waals surface area contributed by atoms with E-state index in [2.05, 4.69) is 13.8 Å². The van der Waals surface area contributed by atoms with Crippen molar-refractivity contribution in [2.45, 2.75) is 39.2 Å². The number of carbonyl (C=O) groups excluding carboxylic acids is 1. The molecular weight excluding hydrogens is 392 g/mol. The van der Waals surface area contributed by atoms with Crippen molar-refractivity contribution in [1.29, 1.82) is 0 Å². The Hall–Kier alpha value is -3.34. The average molecular weight is 421 g/mol. The van der Waals surface area contributed by atoms with Crippen molar-refractivity contribution < 1.29 is 18.7 Å². The molecule has 0 fully saturated rings. The van der Waals surface area contributed by atoms with Crippen molar-refractivity contribution in [3.8, 4) is 5.75 Å². The molecule has 31 heavy (non-hydrogen) atoms. The second-order valence-electron chi connectivity index (χ2n) is 7.84. The summed E-state index contributed by atoms with van der Waals surface area (Å²) in [6.45, 7) is 4.53. The zero-order chi connectivity index (χ0) is 22.1. The van der Waals surface area contributed by atoms with Gasteiger partial charge in [-0.15, -0.1) is 0 Å². The third kappa shape index (κ3) is 6.85. The third-order valence-electron chi connectivity index (χ3n) is 4.96. The van der Waals surface area contributed by atoms with E-state index in [1.54, 1.807) is 0 Å². The first-order valence-corrected chi connectivity index (χ1v) is 10.5. The van der Waals surface area contributed by atoms with E-state index in [0.717, 1.165) is 17.5 Å². The molecule has 3 rings (SSSR count). The molecule has 1 heterocycles. The number of hydrogen-bond acceptors (Lipinski definition) is 5. The maximum Gasteiger partial charge on any atom is 0.307 e. The van der Waals surface area contributed by atoms with Crippen molar-refractivity contribution in [2.24, 2.45) is 5.92 Å². The van der Waals surface area contributed by atoms with Crippen LogP contribution in [-0.4, -0.2) is 12.6 Å². The molecule has 0 saturated carbocycles. The van der Waals surface area contributed by atoms with Gasteiger partial charge in [0.25, 0.3) is 0 Å². The number of hydrogen-bond donors (Lipinski definition) is 0. The van der Waals surface area contributed by atoms with Gasteiger partial charge in [0.15, 0.2) is 0 Å². The van der Waals surface area contributed by atoms with Crippen molar-refractivity contribution in [3.63, 3.8) is 0 Å². The summed E-state index contributed by atoms with van der Waals surface area (Å²) in [5.41, 5.74) is 1.80. The van der Waals surface area contributed by atoms with E-state index < -0.39 is 0 Å². The maximum atomic E-state index is 12.6. The van der Waals surface area contributed by atoms with Gasteiger partial charge in [-0.3, -0.25) is 9.59 Å². The van der Waals surface area contributed by atoms with Gasteiger partial charge >= 0.3 is 5.97 Å². The summed E-state index contributed by atoms with van der Waals surface area (Å²) in [6.07, 6.45) is 2.32. The lowest BCUT2D eigenvalue weighted by Crippen LogP contribution is -2.13. The molecule has 0 saturated heterocycles. The van der Waals surface area contributed by atoms with Gasteiger partial charge in [0.05, 0.1) is 13.0 Å². The fourth-order valence-corrected chi connectivity index (χ4v) is 3.20. The normalized spacial score (nSPS) is 11.0. The van der Waals surface area contributed by atoms with Gasteiger partial charge in [-0.05, 0) is 23.5 Å². The van der Waals surface area contributed by atoms with Crippen molar-refractivity contribution in [3.05, 3.63) is 100 Å². The summed E-state index contributed by atoms with van der Waals surface area (Å²) in [6, 6.07) is 21.0. The minimum atomic E-state index is -0.363. The van der Waals surface area contributed by atoms with Crippen LogP contribution in [0, 0.1) is 5.92 Å². The van der Waals surface area contributed by atoms with E-state index in [1.165, 1.54) is 12.3 Å². The van der Waals surface area contributed by atoms with Crippen molar-refractivity contribution in [1.82, 2.24) is 0 Å². The largest absolute Gasteiger partial charge is 0.487 e. The predicted octanol–water partition coefficient (Wildman–Crippen LogP) is 5.33. The van der Waals surface area contributed by atoms with Gasteiger partial charge in [-0.2, -0.15) is 0 Å². The second-order valence-corrected chi connectivity index (χ2v) is 7.84. The molecule has 0 N–H and O–H groups in total. The Morgan fingerprint density at radius 1 is 0.968 bits per heavy atom. The summed E-state index contributed by atoms with van der Waals surface area (Å²) in [5.74, 6) is 0.465. The Bertz CT molecular complexity index is 969. The predicted molar refractivity (Wildman–Crippen MR) is 119 cm³/mol. The van der Waals surface area contributed by atoms with Crippen LogP contribution in [0.5, 0.6) is 5.75 Å². The van der Waals surface area contributed by atoms with Gasteiger partial charge in [0.1, 0.15) is 18.6 Å². The van der Waals surface area contributed by atoms with Crippen LogP contribution >= 0.6 is 0 Å². The molecule has 0 aliphatic carbocycles. The molecule has 0 bridgehead atoms. The second kappa shape index (κ2) is 11.2. The Morgan fingerprint density at radius 2 is 1.58 bits per heavy atom. The van der Waals surface area contributed by atoms with Crippen LogP contribution in [0.1, 0.15) is 49.5 Å². The molecule has 0 atom stereocenters. The first-order chi connectivity index (χ1) is 15.0. The molecule has 1 aromatic heterocycles. The number of rotatable bonds is 10. The minimum absolute atomic E-state index is 0.101. The Morgan fingerprint density at radius 3 is 2.13 bits per heavy atom. The number of esters is 1. The van der Waals surface area contributed by atoms with Gasteiger partial charge in [-0.25, -0.2) is 0 Å². The van der Waals surface area contributed by atoms with Crippen LogP contribution in [0.15, 0.2) is 82.2 Å². The zero-order valence-electron chi connectivity index (χ0n) is 18.0. The highest BCUT2D eigenvalue weighted by Crippen LogP contribution is 2.28. The van der Waals surface area contributed by atoms with Crippen LogP contribution in [0.4, 0.5) is 0 Å². The monoisotopic (exact) mass is 420 g/mol. The zero-order valence-corrected chi connectivity index (χ0v) is 18.0. The Balaban J connectivity index is 1.60. The van der Waals surface area contributed by atoms with Crippen LogP contribution in [-0.2, 0) is 16.1 Å². The maximum absolute atomic E-state index is 12.6. The average Bonchev–Trinajstić information content (AvgIpc) is 2.78. The molecule has 0 spiro atoms. The van der Waals surface area contributed by atoms with E-state index in [4.69, 9.17) is 13.9 Å². The molecule has 0 aliphatic heterocycles. The molecule has 5 nitrogen and oxygen atoms in total. The number of ether oxygens (including phenoxy) is 2. The van der Waals surface area contributed by atoms with Crippen molar-refractivity contribution in [2.75, 3.05) is 6.61 Å². The van der Waals surface area contributed by atoms with E-state index in [1.807, 2.05) is 60.7 Å². The van der Waals surface area contributed by atoms with Crippen molar-refractivity contribution >= 4 is 5.97 Å². The quantitative estimate of drug-likeness (QED) is 0.415. The standard InChI is InChI=1S/C26H28O5/c1-19(2)13-14-29-25-18-30-22(15-24(25)27)17-31-26(28)16-23(20-9-5-3-6-10-20)21-11-7-4-8-12-21/h3-12,15,18-19,23H,13-14,16-17H2,1-2H3. The lowest BCUT2D eigenvalue weighted by Gasteiger charge is -2.17. The molecule has 0 unspecified atom stereocenters. The molecule has 2 aromatic carbocycles. The summed E-state index contributed by atoms with van der Waals surface area (Å²) in [7, 11) is 0. The number of carbonyl (C=O) groups is 1. The highest BCUT2D eigenvalue weighted by Gasteiger charge is 2.19. The summed E-state index contributed by atoms with van der Waals surface area (Å²) in [4.78, 5) is 24.7. The lowest BCUT2D eigenvalue weighted by atomic mass is 9.89. The topological polar surface area (TPSA) is 65.7 Å². The smallest absolute Gasteiger partial charge is 0.307 e. The van der Waals surface area contributed by atoms with Crippen LogP contribution in [0.25, 0.3) is 0 Å². The molecule has 162 valence electrons. The van der Waals surface area contributed by atoms with E-state index >= 15 is 0 Å². The number of benzene rings is 2. The summed E-state index contributed by atoms with van der Waals surface area (Å²) in [5, 5.41) is 0. The highest BCUT2D eigenvalue weighted by molar-refractivity contribution is 5.71. The fraction of sp³-hybridized carbons (Fsp3) is 0.308. The molecule has 0 aliphatic rings. The first-order valence-electron chi connectivity index (χ1n) is 10.5. The Labute approximate surface area is 182 Å². The van der Waals surface area contributed by atoms with Crippen LogP contribution in [0.2, 0.25) is 0 Å². The molecule has 5 heteroatoms. The van der Waals surface area contributed by atoms with E-state index in [-0.39, 0.29) is 41.9 Å². The Kier molecular flexibility index (Phi) is 8.05. The SMILES string of the molecule is CC(C)CCOc1coc(COC(=O)CC(c2ccccc2)c2ccccc2)cc1=O. The van der Waals surface area contributed by atoms with Gasteiger partial charge in [0.2, 0.25) is 11.2 Å². The minimum Gasteiger partial charge on any atom is -0.487 e. The fourth-order valence-electron chi connectivity index (χ4n) is 3.20. The third-order valence-corrected chi connectivity index (χ3v) is 4.96. The van der Waals surface area contributed by atoms with E-state index in [0.29, 0.717) is 12.5 Å². The van der Waals surface area contributed by atoms with Gasteiger partial charge in [0, 0.05) is 12.0 Å². The highest BCUT2D eigenvalue weighted by atomic mass is 16.5. The molecule has 0 amide bonds. The van der Waals surface area contributed by atoms with Crippen LogP contribution in [0.3, 0.4) is 0 Å². The van der Waals surface area contributed by atoms with Gasteiger partial charge < -0.3 is 13.9 Å². The molecular formula is C26H28O5. The lowest BCUT2D eigenvalue weighted by molar-refractivity contribution is -0.145. The van der Waals surface area contributed by atoms with Gasteiger partial charge in [-0.1, -0.05) is 74.5 Å². The van der Waals surface area contributed by atoms with E-state index in [9.17, 15) is 9.59 Å². The molecule has 0 radical (unpaired) electrons. The molecule has 3 aromatic rings. The van der Waals surface area contributed by atoms with Crippen LogP contribution < -0.4 is 10.2 Å².